The van der Waals surface area contributed by atoms with Crippen molar-refractivity contribution in [3.05, 3.63) is 23.4 Å². The van der Waals surface area contributed by atoms with Crippen molar-refractivity contribution >= 4 is 16.7 Å². The normalized spacial score (nSPS) is 16.3. The molecule has 5 heteroatoms. The molecule has 0 atom stereocenters. The van der Waals surface area contributed by atoms with Gasteiger partial charge in [0.1, 0.15) is 0 Å². The van der Waals surface area contributed by atoms with E-state index in [0.717, 1.165) is 17.5 Å². The number of nitrogens with one attached hydrogen (secondary N) is 1. The summed E-state index contributed by atoms with van der Waals surface area (Å²) in [6, 6.07) is 3.17. The largest absolute Gasteiger partial charge is 0.294 e. The third-order valence-electron chi connectivity index (χ3n) is 4.41. The van der Waals surface area contributed by atoms with Gasteiger partial charge < -0.3 is 0 Å². The molecule has 1 fully saturated rings. The Hall–Kier alpha value is -1.91. The van der Waals surface area contributed by atoms with Crippen molar-refractivity contribution in [1.82, 2.24) is 10.2 Å². The molecule has 3 rings (SSSR count). The summed E-state index contributed by atoms with van der Waals surface area (Å²) >= 11 is 0. The van der Waals surface area contributed by atoms with Gasteiger partial charge >= 0.3 is 0 Å². The molecule has 0 spiro atoms. The maximum atomic E-state index is 12.6. The average Bonchev–Trinajstić information content (AvgIpc) is 2.89. The SMILES string of the molecule is CC(=O)c1cc2c(CC3CCCCC3)[nH]nc2cc1OF. The number of carbonyl (C=O) groups excluding carboxylic acids is 1. The highest BCUT2D eigenvalue weighted by molar-refractivity contribution is 6.01. The van der Waals surface area contributed by atoms with Gasteiger partial charge in [-0.1, -0.05) is 32.1 Å². The highest BCUT2D eigenvalue weighted by Crippen LogP contribution is 2.31. The molecule has 0 saturated heterocycles. The van der Waals surface area contributed by atoms with E-state index in [1.165, 1.54) is 45.1 Å². The molecule has 0 bridgehead atoms. The van der Waals surface area contributed by atoms with E-state index in [2.05, 4.69) is 15.1 Å². The summed E-state index contributed by atoms with van der Waals surface area (Å²) in [4.78, 5) is 15.4. The van der Waals surface area contributed by atoms with Gasteiger partial charge in [-0.3, -0.25) is 14.8 Å². The Morgan fingerprint density at radius 2 is 2.14 bits per heavy atom. The number of nitrogens with zero attached hydrogens (tertiary/aromatic N) is 1. The smallest absolute Gasteiger partial charge is 0.184 e. The first-order valence-electron chi connectivity index (χ1n) is 7.49. The van der Waals surface area contributed by atoms with E-state index in [0.29, 0.717) is 11.4 Å². The number of hydrogen-bond acceptors (Lipinski definition) is 3. The van der Waals surface area contributed by atoms with E-state index in [1.807, 2.05) is 0 Å². The third-order valence-corrected chi connectivity index (χ3v) is 4.41. The van der Waals surface area contributed by atoms with Crippen LogP contribution in [0.25, 0.3) is 10.9 Å². The first kappa shape index (κ1) is 14.0. The summed E-state index contributed by atoms with van der Waals surface area (Å²) in [7, 11) is 0. The highest BCUT2D eigenvalue weighted by Gasteiger charge is 2.19. The Morgan fingerprint density at radius 3 is 2.81 bits per heavy atom. The minimum absolute atomic E-state index is 0.0642. The molecule has 1 aliphatic carbocycles. The molecule has 0 aliphatic heterocycles. The van der Waals surface area contributed by atoms with Gasteiger partial charge in [-0.05, 0) is 25.3 Å². The number of hydrogen-bond donors (Lipinski definition) is 1. The topological polar surface area (TPSA) is 55.0 Å². The molecular weight excluding hydrogens is 271 g/mol. The number of H-pyrrole nitrogens is 1. The molecule has 1 N–H and O–H groups in total. The summed E-state index contributed by atoms with van der Waals surface area (Å²) in [5.74, 6) is 0.389. The summed E-state index contributed by atoms with van der Waals surface area (Å²) in [6.45, 7) is 1.41. The number of halogens is 1. The van der Waals surface area contributed by atoms with Crippen molar-refractivity contribution in [2.45, 2.75) is 45.4 Å². The zero-order valence-electron chi connectivity index (χ0n) is 12.1. The van der Waals surface area contributed by atoms with Crippen molar-refractivity contribution in [3.63, 3.8) is 0 Å². The molecule has 4 nitrogen and oxygen atoms in total. The molecule has 1 aliphatic rings. The second kappa shape index (κ2) is 5.84. The number of benzene rings is 1. The Balaban J connectivity index is 1.96. The number of rotatable bonds is 4. The average molecular weight is 290 g/mol. The van der Waals surface area contributed by atoms with Crippen LogP contribution in [0.15, 0.2) is 12.1 Å². The van der Waals surface area contributed by atoms with E-state index in [-0.39, 0.29) is 17.1 Å². The first-order chi connectivity index (χ1) is 10.2. The molecule has 1 heterocycles. The molecule has 2 aromatic rings. The van der Waals surface area contributed by atoms with E-state index < -0.39 is 0 Å². The molecule has 1 saturated carbocycles. The molecule has 1 aromatic heterocycles. The van der Waals surface area contributed by atoms with Crippen LogP contribution < -0.4 is 4.94 Å². The number of carbonyl (C=O) groups is 1. The molecule has 0 radical (unpaired) electrons. The lowest BCUT2D eigenvalue weighted by Crippen LogP contribution is -2.09. The first-order valence-corrected chi connectivity index (χ1v) is 7.49. The summed E-state index contributed by atoms with van der Waals surface area (Å²) in [6.07, 6.45) is 7.32. The summed E-state index contributed by atoms with van der Waals surface area (Å²) < 4.78 is 12.6. The van der Waals surface area contributed by atoms with Gasteiger partial charge in [0, 0.05) is 21.7 Å². The molecular formula is C16H19FN2O2. The summed E-state index contributed by atoms with van der Waals surface area (Å²) in [5, 5.41) is 8.14. The molecule has 1 aromatic carbocycles. The fraction of sp³-hybridized carbons (Fsp3) is 0.500. The van der Waals surface area contributed by atoms with Crippen molar-refractivity contribution in [3.8, 4) is 5.75 Å². The Kier molecular flexibility index (Phi) is 3.90. The second-order valence-corrected chi connectivity index (χ2v) is 5.91. The minimum Gasteiger partial charge on any atom is -0.294 e. The van der Waals surface area contributed by atoms with E-state index in [1.54, 1.807) is 6.07 Å². The van der Waals surface area contributed by atoms with Crippen LogP contribution in [0.3, 0.4) is 0 Å². The van der Waals surface area contributed by atoms with Gasteiger partial charge in [-0.25, -0.2) is 0 Å². The predicted octanol–water partition coefficient (Wildman–Crippen LogP) is 4.15. The zero-order valence-corrected chi connectivity index (χ0v) is 12.1. The lowest BCUT2D eigenvalue weighted by molar-refractivity contribution is -0.00688. The fourth-order valence-corrected chi connectivity index (χ4v) is 3.27. The standard InChI is InChI=1S/C16H19FN2O2/c1-10(20)12-8-13-14(7-11-5-3-2-4-6-11)18-19-15(13)9-16(12)21-17/h8-9,11H,2-7H2,1H3,(H,18,19). The van der Waals surface area contributed by atoms with Gasteiger partial charge in [0.25, 0.3) is 0 Å². The number of aromatic nitrogens is 2. The maximum absolute atomic E-state index is 12.6. The van der Waals surface area contributed by atoms with Crippen LogP contribution >= 0.6 is 0 Å². The van der Waals surface area contributed by atoms with Crippen LogP contribution in [-0.4, -0.2) is 16.0 Å². The molecule has 112 valence electrons. The van der Waals surface area contributed by atoms with Crippen LogP contribution in [0, 0.1) is 5.92 Å². The zero-order chi connectivity index (χ0) is 14.8. The van der Waals surface area contributed by atoms with E-state index in [4.69, 9.17) is 0 Å². The van der Waals surface area contributed by atoms with E-state index >= 15 is 0 Å². The number of ketones is 1. The van der Waals surface area contributed by atoms with Crippen molar-refractivity contribution in [1.29, 1.82) is 0 Å². The van der Waals surface area contributed by atoms with Crippen molar-refractivity contribution in [2.75, 3.05) is 0 Å². The van der Waals surface area contributed by atoms with Crippen molar-refractivity contribution < 1.29 is 14.3 Å². The predicted molar refractivity (Wildman–Crippen MR) is 78.1 cm³/mol. The maximum Gasteiger partial charge on any atom is 0.184 e. The Labute approximate surface area is 122 Å². The van der Waals surface area contributed by atoms with Crippen LogP contribution in [0.1, 0.15) is 55.1 Å². The number of Topliss-reactive ketones (excluding diaryl/α,β-unsaturated/α-hetero) is 1. The molecule has 0 unspecified atom stereocenters. The van der Waals surface area contributed by atoms with Crippen LogP contribution in [-0.2, 0) is 6.42 Å². The lowest BCUT2D eigenvalue weighted by atomic mass is 9.85. The fourth-order valence-electron chi connectivity index (χ4n) is 3.27. The van der Waals surface area contributed by atoms with Crippen LogP contribution in [0.2, 0.25) is 0 Å². The Morgan fingerprint density at radius 1 is 1.38 bits per heavy atom. The van der Waals surface area contributed by atoms with Gasteiger partial charge in [0.05, 0.1) is 11.1 Å². The molecule has 21 heavy (non-hydrogen) atoms. The monoisotopic (exact) mass is 290 g/mol. The van der Waals surface area contributed by atoms with Gasteiger partial charge in [-0.15, -0.1) is 0 Å². The van der Waals surface area contributed by atoms with Gasteiger partial charge in [0.2, 0.25) is 0 Å². The summed E-state index contributed by atoms with van der Waals surface area (Å²) in [5.41, 5.74) is 1.93. The Bertz CT molecular complexity index is 660. The second-order valence-electron chi connectivity index (χ2n) is 5.91. The molecule has 0 amide bonds. The van der Waals surface area contributed by atoms with Gasteiger partial charge in [0.15, 0.2) is 11.5 Å². The minimum atomic E-state index is -0.214. The highest BCUT2D eigenvalue weighted by atomic mass is 19.3. The van der Waals surface area contributed by atoms with Crippen LogP contribution in [0.4, 0.5) is 4.53 Å². The lowest BCUT2D eigenvalue weighted by Gasteiger charge is -2.20. The van der Waals surface area contributed by atoms with Crippen molar-refractivity contribution in [2.24, 2.45) is 5.92 Å². The van der Waals surface area contributed by atoms with E-state index in [9.17, 15) is 9.32 Å². The van der Waals surface area contributed by atoms with Crippen LogP contribution in [0.5, 0.6) is 5.75 Å². The van der Waals surface area contributed by atoms with Gasteiger partial charge in [-0.2, -0.15) is 5.10 Å². The quantitative estimate of drug-likeness (QED) is 0.860. The number of aromatic amines is 1. The third kappa shape index (κ3) is 2.77. The number of fused-ring (bicyclic) bond motifs is 1.